The molecule has 18 heavy (non-hydrogen) atoms. The Hall–Kier alpha value is -0.280. The lowest BCUT2D eigenvalue weighted by atomic mass is 9.74. The van der Waals surface area contributed by atoms with Crippen molar-refractivity contribution in [3.8, 4) is 0 Å². The van der Waals surface area contributed by atoms with E-state index in [4.69, 9.17) is 0 Å². The molecular weight excluding hydrogens is 248 g/mol. The fourth-order valence-electron chi connectivity index (χ4n) is 3.71. The molecule has 3 rings (SSSR count). The number of hydrogen-bond donors (Lipinski definition) is 2. The van der Waals surface area contributed by atoms with Gasteiger partial charge in [0.25, 0.3) is 0 Å². The van der Waals surface area contributed by atoms with Crippen molar-refractivity contribution >= 4 is 18.3 Å². The van der Waals surface area contributed by atoms with E-state index >= 15 is 0 Å². The van der Waals surface area contributed by atoms with Gasteiger partial charge in [-0.3, -0.25) is 4.79 Å². The highest BCUT2D eigenvalue weighted by atomic mass is 35.5. The van der Waals surface area contributed by atoms with Gasteiger partial charge in [0.2, 0.25) is 5.91 Å². The van der Waals surface area contributed by atoms with Crippen LogP contribution in [0.5, 0.6) is 0 Å². The van der Waals surface area contributed by atoms with Gasteiger partial charge in [-0.1, -0.05) is 6.92 Å². The monoisotopic (exact) mass is 272 g/mol. The van der Waals surface area contributed by atoms with Gasteiger partial charge < -0.3 is 10.6 Å². The number of halogens is 1. The number of carbonyl (C=O) groups excluding carboxylic acids is 1. The van der Waals surface area contributed by atoms with Crippen molar-refractivity contribution in [3.63, 3.8) is 0 Å². The normalized spacial score (nSPS) is 31.1. The first-order valence-electron chi connectivity index (χ1n) is 7.23. The molecule has 1 amide bonds. The lowest BCUT2D eigenvalue weighted by molar-refractivity contribution is -0.126. The molecule has 3 fully saturated rings. The van der Waals surface area contributed by atoms with Crippen LogP contribution < -0.4 is 10.6 Å². The van der Waals surface area contributed by atoms with Gasteiger partial charge in [-0.05, 0) is 63.5 Å². The summed E-state index contributed by atoms with van der Waals surface area (Å²) >= 11 is 0. The molecule has 0 aromatic heterocycles. The Balaban J connectivity index is 0.00000120. The summed E-state index contributed by atoms with van der Waals surface area (Å²) in [7, 11) is 0. The van der Waals surface area contributed by atoms with Gasteiger partial charge in [-0.15, -0.1) is 12.4 Å². The van der Waals surface area contributed by atoms with Crippen molar-refractivity contribution in [2.24, 2.45) is 11.3 Å². The molecule has 1 atom stereocenters. The van der Waals surface area contributed by atoms with Crippen molar-refractivity contribution < 1.29 is 4.79 Å². The molecule has 0 aromatic carbocycles. The summed E-state index contributed by atoms with van der Waals surface area (Å²) in [6.07, 6.45) is 8.30. The number of nitrogens with one attached hydrogen (secondary N) is 2. The van der Waals surface area contributed by atoms with Gasteiger partial charge in [-0.25, -0.2) is 0 Å². The molecule has 0 bridgehead atoms. The van der Waals surface area contributed by atoms with Gasteiger partial charge >= 0.3 is 0 Å². The fourth-order valence-corrected chi connectivity index (χ4v) is 3.71. The van der Waals surface area contributed by atoms with E-state index in [1.807, 2.05) is 0 Å². The van der Waals surface area contributed by atoms with Crippen molar-refractivity contribution in [2.75, 3.05) is 13.1 Å². The first kappa shape index (κ1) is 14.1. The van der Waals surface area contributed by atoms with E-state index in [-0.39, 0.29) is 17.9 Å². The third kappa shape index (κ3) is 2.27. The summed E-state index contributed by atoms with van der Waals surface area (Å²) in [5, 5.41) is 6.74. The van der Waals surface area contributed by atoms with Crippen LogP contribution in [0.25, 0.3) is 0 Å². The van der Waals surface area contributed by atoms with E-state index in [9.17, 15) is 4.79 Å². The molecule has 2 N–H and O–H groups in total. The highest BCUT2D eigenvalue weighted by molar-refractivity contribution is 5.85. The molecule has 3 aliphatic rings. The Labute approximate surface area is 116 Å². The SMILES string of the molecule is CCC1(NC(=O)C2CC23CCNCC3)CCC1.Cl. The quantitative estimate of drug-likeness (QED) is 0.827. The Kier molecular flexibility index (Phi) is 3.93. The van der Waals surface area contributed by atoms with Gasteiger partial charge in [0.1, 0.15) is 0 Å². The third-order valence-corrected chi connectivity index (χ3v) is 5.48. The number of carbonyl (C=O) groups is 1. The molecule has 1 spiro atoms. The van der Waals surface area contributed by atoms with Crippen molar-refractivity contribution in [2.45, 2.75) is 57.4 Å². The van der Waals surface area contributed by atoms with E-state index in [1.54, 1.807) is 0 Å². The lowest BCUT2D eigenvalue weighted by Crippen LogP contribution is -2.53. The number of rotatable bonds is 3. The van der Waals surface area contributed by atoms with Gasteiger partial charge in [0.15, 0.2) is 0 Å². The zero-order valence-corrected chi connectivity index (χ0v) is 12.1. The van der Waals surface area contributed by atoms with Crippen LogP contribution >= 0.6 is 12.4 Å². The molecular formula is C14H25ClN2O. The molecule has 0 aromatic rings. The van der Waals surface area contributed by atoms with Gasteiger partial charge in [0.05, 0.1) is 0 Å². The molecule has 4 heteroatoms. The molecule has 0 radical (unpaired) electrons. The van der Waals surface area contributed by atoms with Crippen LogP contribution in [-0.4, -0.2) is 24.5 Å². The van der Waals surface area contributed by atoms with Crippen LogP contribution in [0, 0.1) is 11.3 Å². The molecule has 2 aliphatic carbocycles. The first-order chi connectivity index (χ1) is 8.20. The summed E-state index contributed by atoms with van der Waals surface area (Å²) in [4.78, 5) is 12.3. The summed E-state index contributed by atoms with van der Waals surface area (Å²) in [5.41, 5.74) is 0.557. The highest BCUT2D eigenvalue weighted by Crippen LogP contribution is 2.58. The second kappa shape index (κ2) is 5.01. The van der Waals surface area contributed by atoms with Crippen LogP contribution in [0.3, 0.4) is 0 Å². The zero-order chi connectivity index (χ0) is 11.9. The Morgan fingerprint density at radius 2 is 1.94 bits per heavy atom. The zero-order valence-electron chi connectivity index (χ0n) is 11.3. The summed E-state index contributed by atoms with van der Waals surface area (Å²) in [5.74, 6) is 0.682. The summed E-state index contributed by atoms with van der Waals surface area (Å²) in [6.45, 7) is 4.40. The third-order valence-electron chi connectivity index (χ3n) is 5.48. The molecule has 3 nitrogen and oxygen atoms in total. The van der Waals surface area contributed by atoms with Crippen molar-refractivity contribution in [1.82, 2.24) is 10.6 Å². The Morgan fingerprint density at radius 3 is 2.44 bits per heavy atom. The van der Waals surface area contributed by atoms with Crippen LogP contribution in [-0.2, 0) is 4.79 Å². The second-order valence-corrected chi connectivity index (χ2v) is 6.35. The Morgan fingerprint density at radius 1 is 1.28 bits per heavy atom. The minimum Gasteiger partial charge on any atom is -0.350 e. The molecule has 104 valence electrons. The fraction of sp³-hybridized carbons (Fsp3) is 0.929. The largest absolute Gasteiger partial charge is 0.350 e. The average molecular weight is 273 g/mol. The average Bonchev–Trinajstić information content (AvgIpc) is 2.98. The van der Waals surface area contributed by atoms with E-state index in [2.05, 4.69) is 17.6 Å². The smallest absolute Gasteiger partial charge is 0.224 e. The number of amides is 1. The highest BCUT2D eigenvalue weighted by Gasteiger charge is 2.58. The van der Waals surface area contributed by atoms with E-state index < -0.39 is 0 Å². The predicted molar refractivity (Wildman–Crippen MR) is 74.9 cm³/mol. The van der Waals surface area contributed by atoms with Crippen molar-refractivity contribution in [3.05, 3.63) is 0 Å². The molecule has 1 unspecified atom stereocenters. The molecule has 1 saturated heterocycles. The number of piperidine rings is 1. The maximum absolute atomic E-state index is 12.3. The van der Waals surface area contributed by atoms with Crippen molar-refractivity contribution in [1.29, 1.82) is 0 Å². The minimum atomic E-state index is 0. The van der Waals surface area contributed by atoms with Crippen LogP contribution in [0.4, 0.5) is 0 Å². The number of hydrogen-bond acceptors (Lipinski definition) is 2. The maximum Gasteiger partial charge on any atom is 0.224 e. The van der Waals surface area contributed by atoms with Crippen LogP contribution in [0.1, 0.15) is 51.9 Å². The van der Waals surface area contributed by atoms with E-state index in [1.165, 1.54) is 32.1 Å². The predicted octanol–water partition coefficient (Wildman–Crippen LogP) is 2.25. The topological polar surface area (TPSA) is 41.1 Å². The lowest BCUT2D eigenvalue weighted by Gasteiger charge is -2.42. The minimum absolute atomic E-state index is 0. The standard InChI is InChI=1S/C14H24N2O.ClH/c1-2-14(4-3-5-14)16-12(17)11-10-13(11)6-8-15-9-7-13;/h11,15H,2-10H2,1H3,(H,16,17);1H. The maximum atomic E-state index is 12.3. The van der Waals surface area contributed by atoms with E-state index in [0.717, 1.165) is 25.9 Å². The van der Waals surface area contributed by atoms with Crippen LogP contribution in [0.2, 0.25) is 0 Å². The molecule has 1 heterocycles. The van der Waals surface area contributed by atoms with Gasteiger partial charge in [0, 0.05) is 11.5 Å². The summed E-state index contributed by atoms with van der Waals surface area (Å²) < 4.78 is 0. The van der Waals surface area contributed by atoms with Crippen LogP contribution in [0.15, 0.2) is 0 Å². The van der Waals surface area contributed by atoms with E-state index in [0.29, 0.717) is 17.2 Å². The molecule has 2 saturated carbocycles. The van der Waals surface area contributed by atoms with Gasteiger partial charge in [-0.2, -0.15) is 0 Å². The first-order valence-corrected chi connectivity index (χ1v) is 7.23. The molecule has 1 aliphatic heterocycles. The second-order valence-electron chi connectivity index (χ2n) is 6.35. The Bertz CT molecular complexity index is 316. The summed E-state index contributed by atoms with van der Waals surface area (Å²) in [6, 6.07) is 0.